The summed E-state index contributed by atoms with van der Waals surface area (Å²) in [4.78, 5) is 0. The summed E-state index contributed by atoms with van der Waals surface area (Å²) in [5.74, 6) is 1.90. The van der Waals surface area contributed by atoms with E-state index in [4.69, 9.17) is 4.74 Å². The Bertz CT molecular complexity index is 377. The molecule has 3 unspecified atom stereocenters. The molecule has 86 valence electrons. The van der Waals surface area contributed by atoms with E-state index < -0.39 is 0 Å². The minimum absolute atomic E-state index is 0.387. The van der Waals surface area contributed by atoms with Gasteiger partial charge >= 0.3 is 0 Å². The monoisotopic (exact) mass is 217 g/mol. The number of hydrogen-bond acceptors (Lipinski definition) is 2. The van der Waals surface area contributed by atoms with Crippen LogP contribution < -0.4 is 10.1 Å². The van der Waals surface area contributed by atoms with Crippen molar-refractivity contribution in [2.24, 2.45) is 5.92 Å². The Kier molecular flexibility index (Phi) is 2.50. The second-order valence-electron chi connectivity index (χ2n) is 4.99. The maximum atomic E-state index is 6.07. The molecule has 1 heterocycles. The van der Waals surface area contributed by atoms with E-state index in [0.717, 1.165) is 11.7 Å². The molecule has 16 heavy (non-hydrogen) atoms. The van der Waals surface area contributed by atoms with Gasteiger partial charge in [-0.05, 0) is 37.3 Å². The lowest BCUT2D eigenvalue weighted by molar-refractivity contribution is 0.107. The van der Waals surface area contributed by atoms with Crippen molar-refractivity contribution in [1.29, 1.82) is 0 Å². The molecule has 1 aliphatic carbocycles. The number of nitrogens with one attached hydrogen (secondary N) is 1. The van der Waals surface area contributed by atoms with Crippen LogP contribution in [0.1, 0.15) is 32.6 Å². The summed E-state index contributed by atoms with van der Waals surface area (Å²) >= 11 is 0. The SMILES string of the molecule is CCC1CCC2Oc3ccccc3NC2C1. The predicted molar refractivity (Wildman–Crippen MR) is 65.9 cm³/mol. The lowest BCUT2D eigenvalue weighted by Gasteiger charge is -2.40. The quantitative estimate of drug-likeness (QED) is 0.778. The Morgan fingerprint density at radius 2 is 2.19 bits per heavy atom. The first-order valence-electron chi connectivity index (χ1n) is 6.39. The average Bonchev–Trinajstić information content (AvgIpc) is 2.35. The van der Waals surface area contributed by atoms with Crippen LogP contribution in [0, 0.1) is 5.92 Å². The smallest absolute Gasteiger partial charge is 0.142 e. The van der Waals surface area contributed by atoms with Crippen LogP contribution in [0.25, 0.3) is 0 Å². The number of hydrogen-bond donors (Lipinski definition) is 1. The zero-order chi connectivity index (χ0) is 11.0. The van der Waals surface area contributed by atoms with Gasteiger partial charge in [-0.1, -0.05) is 25.5 Å². The number of rotatable bonds is 1. The van der Waals surface area contributed by atoms with Crippen molar-refractivity contribution in [3.05, 3.63) is 24.3 Å². The highest BCUT2D eigenvalue weighted by Crippen LogP contribution is 2.38. The van der Waals surface area contributed by atoms with E-state index in [-0.39, 0.29) is 0 Å². The van der Waals surface area contributed by atoms with Gasteiger partial charge in [0.15, 0.2) is 0 Å². The van der Waals surface area contributed by atoms with Gasteiger partial charge in [-0.15, -0.1) is 0 Å². The van der Waals surface area contributed by atoms with Crippen LogP contribution in [-0.2, 0) is 0 Å². The van der Waals surface area contributed by atoms with Crippen LogP contribution >= 0.6 is 0 Å². The van der Waals surface area contributed by atoms with E-state index >= 15 is 0 Å². The molecule has 1 aromatic rings. The fourth-order valence-corrected chi connectivity index (χ4v) is 2.95. The van der Waals surface area contributed by atoms with Gasteiger partial charge in [0.1, 0.15) is 11.9 Å². The Morgan fingerprint density at radius 3 is 3.06 bits per heavy atom. The number of para-hydroxylation sites is 2. The topological polar surface area (TPSA) is 21.3 Å². The normalized spacial score (nSPS) is 31.9. The van der Waals surface area contributed by atoms with E-state index in [0.29, 0.717) is 12.1 Å². The molecule has 1 fully saturated rings. The maximum Gasteiger partial charge on any atom is 0.142 e. The zero-order valence-electron chi connectivity index (χ0n) is 9.78. The van der Waals surface area contributed by atoms with Crippen LogP contribution in [0.4, 0.5) is 5.69 Å². The van der Waals surface area contributed by atoms with Crippen molar-refractivity contribution in [2.45, 2.75) is 44.8 Å². The third-order valence-electron chi connectivity index (χ3n) is 3.98. The number of benzene rings is 1. The van der Waals surface area contributed by atoms with Crippen LogP contribution in [0.3, 0.4) is 0 Å². The molecular weight excluding hydrogens is 198 g/mol. The van der Waals surface area contributed by atoms with E-state index in [1.54, 1.807) is 0 Å². The predicted octanol–water partition coefficient (Wildman–Crippen LogP) is 3.44. The highest BCUT2D eigenvalue weighted by molar-refractivity contribution is 5.58. The molecule has 0 amide bonds. The van der Waals surface area contributed by atoms with Crippen molar-refractivity contribution in [1.82, 2.24) is 0 Å². The van der Waals surface area contributed by atoms with Crippen molar-refractivity contribution < 1.29 is 4.74 Å². The fourth-order valence-electron chi connectivity index (χ4n) is 2.95. The van der Waals surface area contributed by atoms with Gasteiger partial charge in [-0.25, -0.2) is 0 Å². The van der Waals surface area contributed by atoms with Gasteiger partial charge in [0, 0.05) is 0 Å². The molecule has 1 aliphatic heterocycles. The lowest BCUT2D eigenvalue weighted by Crippen LogP contribution is -2.45. The zero-order valence-corrected chi connectivity index (χ0v) is 9.78. The number of anilines is 1. The van der Waals surface area contributed by atoms with Crippen LogP contribution in [0.15, 0.2) is 24.3 Å². The van der Waals surface area contributed by atoms with Crippen molar-refractivity contribution in [3.63, 3.8) is 0 Å². The van der Waals surface area contributed by atoms with Crippen LogP contribution in [0.2, 0.25) is 0 Å². The standard InChI is InChI=1S/C14H19NO/c1-2-10-7-8-14-12(9-10)15-11-5-3-4-6-13(11)16-14/h3-6,10,12,14-15H,2,7-9H2,1H3. The molecule has 0 spiro atoms. The lowest BCUT2D eigenvalue weighted by atomic mass is 9.81. The maximum absolute atomic E-state index is 6.07. The molecule has 2 heteroatoms. The van der Waals surface area contributed by atoms with Gasteiger partial charge in [-0.2, -0.15) is 0 Å². The van der Waals surface area contributed by atoms with Crippen molar-refractivity contribution >= 4 is 5.69 Å². The summed E-state index contributed by atoms with van der Waals surface area (Å²) < 4.78 is 6.07. The number of fused-ring (bicyclic) bond motifs is 2. The van der Waals surface area contributed by atoms with Crippen LogP contribution in [-0.4, -0.2) is 12.1 Å². The molecule has 2 nitrogen and oxygen atoms in total. The third kappa shape index (κ3) is 1.66. The number of ether oxygens (including phenoxy) is 1. The summed E-state index contributed by atoms with van der Waals surface area (Å²) in [6.45, 7) is 2.29. The van der Waals surface area contributed by atoms with Crippen molar-refractivity contribution in [2.75, 3.05) is 5.32 Å². The largest absolute Gasteiger partial charge is 0.486 e. The van der Waals surface area contributed by atoms with Gasteiger partial charge in [0.25, 0.3) is 0 Å². The second kappa shape index (κ2) is 4.00. The fraction of sp³-hybridized carbons (Fsp3) is 0.571. The molecule has 0 radical (unpaired) electrons. The van der Waals surface area contributed by atoms with Gasteiger partial charge in [0.05, 0.1) is 11.7 Å². The molecule has 1 N–H and O–H groups in total. The minimum Gasteiger partial charge on any atom is -0.486 e. The van der Waals surface area contributed by atoms with Crippen molar-refractivity contribution in [3.8, 4) is 5.75 Å². The first kappa shape index (κ1) is 10.0. The molecular formula is C14H19NO. The summed E-state index contributed by atoms with van der Waals surface area (Å²) in [7, 11) is 0. The Morgan fingerprint density at radius 1 is 1.31 bits per heavy atom. The minimum atomic E-state index is 0.387. The third-order valence-corrected chi connectivity index (χ3v) is 3.98. The second-order valence-corrected chi connectivity index (χ2v) is 4.99. The average molecular weight is 217 g/mol. The molecule has 0 aromatic heterocycles. The molecule has 0 saturated heterocycles. The molecule has 2 aliphatic rings. The first-order chi connectivity index (χ1) is 7.86. The van der Waals surface area contributed by atoms with E-state index in [1.807, 2.05) is 6.07 Å². The van der Waals surface area contributed by atoms with Gasteiger partial charge in [-0.3, -0.25) is 0 Å². The molecule has 1 aromatic carbocycles. The first-order valence-corrected chi connectivity index (χ1v) is 6.39. The Labute approximate surface area is 97.0 Å². The molecule has 0 bridgehead atoms. The van der Waals surface area contributed by atoms with Gasteiger partial charge < -0.3 is 10.1 Å². The van der Waals surface area contributed by atoms with E-state index in [1.165, 1.54) is 31.4 Å². The molecule has 1 saturated carbocycles. The van der Waals surface area contributed by atoms with E-state index in [2.05, 4.69) is 30.4 Å². The van der Waals surface area contributed by atoms with Crippen LogP contribution in [0.5, 0.6) is 5.75 Å². The van der Waals surface area contributed by atoms with Gasteiger partial charge in [0.2, 0.25) is 0 Å². The molecule has 3 rings (SSSR count). The summed E-state index contributed by atoms with van der Waals surface area (Å²) in [6.07, 6.45) is 5.46. The summed E-state index contributed by atoms with van der Waals surface area (Å²) in [5, 5.41) is 3.64. The Hall–Kier alpha value is -1.18. The summed E-state index contributed by atoms with van der Waals surface area (Å²) in [5.41, 5.74) is 1.17. The Balaban J connectivity index is 1.81. The highest BCUT2D eigenvalue weighted by atomic mass is 16.5. The van der Waals surface area contributed by atoms with E-state index in [9.17, 15) is 0 Å². The highest BCUT2D eigenvalue weighted by Gasteiger charge is 2.34. The molecule has 3 atom stereocenters. The summed E-state index contributed by atoms with van der Waals surface area (Å²) in [6, 6.07) is 8.80.